The minimum Gasteiger partial charge on any atom is -0.471 e. The zero-order chi connectivity index (χ0) is 57.7. The molecule has 410 valence electrons. The number of halogens is 2. The van der Waals surface area contributed by atoms with Gasteiger partial charge >= 0.3 is 0 Å². The van der Waals surface area contributed by atoms with E-state index in [0.29, 0.717) is 0 Å². The summed E-state index contributed by atoms with van der Waals surface area (Å²) in [6, 6.07) is 35.6. The average Bonchev–Trinajstić information content (AvgIpc) is 2.78. The topological polar surface area (TPSA) is 22.4 Å². The summed E-state index contributed by atoms with van der Waals surface area (Å²) in [7, 11) is 0. The van der Waals surface area contributed by atoms with Crippen LogP contribution in [0, 0.1) is 0 Å². The molecule has 0 spiro atoms. The van der Waals surface area contributed by atoms with Crippen LogP contribution in [0.1, 0.15) is 192 Å². The monoisotopic (exact) mass is 1200 g/mol. The van der Waals surface area contributed by atoms with E-state index in [-0.39, 0.29) is 44.7 Å². The van der Waals surface area contributed by atoms with Gasteiger partial charge in [0.2, 0.25) is 0 Å². The lowest BCUT2D eigenvalue weighted by Gasteiger charge is -2.31. The van der Waals surface area contributed by atoms with Crippen LogP contribution < -0.4 is 0 Å². The highest BCUT2D eigenvalue weighted by Gasteiger charge is 2.49. The SMILES string of the molecule is CC(C)(C)c1cc2c(Br)c(Br)c3cc(C(C)(C)C)cc4c5c(c(c1)c2c34)[C@@H]1O[C@@H]5c2c1c1cc(C(C)(C)C)cc3c4cc5c(cc4c4cc(C(C)(C)C)cc2c4c13)c1cc(C(C)(C)C)cc2c3cocc3c3cc(C(C)(C)C)cc5c3c21. The third-order valence-electron chi connectivity index (χ3n) is 20.1. The normalized spacial score (nSPS) is 16.7. The van der Waals surface area contributed by atoms with Crippen molar-refractivity contribution >= 4 is 161 Å². The van der Waals surface area contributed by atoms with E-state index in [2.05, 4.69) is 241 Å². The molecule has 2 aliphatic rings. The maximum atomic E-state index is 7.92. The molecule has 4 heteroatoms. The number of ether oxygens (including phenoxy) is 1. The molecule has 0 fully saturated rings. The molecule has 0 radical (unpaired) electrons. The van der Waals surface area contributed by atoms with Crippen LogP contribution in [0.15, 0.2) is 111 Å². The summed E-state index contributed by atoms with van der Waals surface area (Å²) in [5.74, 6) is 0. The number of benzene rings is 13. The predicted molar refractivity (Wildman–Crippen MR) is 361 cm³/mol. The molecule has 0 saturated carbocycles. The molecule has 14 aromatic rings. The van der Waals surface area contributed by atoms with Gasteiger partial charge in [0, 0.05) is 19.7 Å². The van der Waals surface area contributed by atoms with Crippen LogP contribution in [0.3, 0.4) is 0 Å². The molecule has 0 amide bonds. The highest BCUT2D eigenvalue weighted by molar-refractivity contribution is 9.13. The third kappa shape index (κ3) is 6.61. The smallest absolute Gasteiger partial charge is 0.111 e. The minimum absolute atomic E-state index is 0.0856. The van der Waals surface area contributed by atoms with Crippen LogP contribution >= 0.6 is 31.9 Å². The molecule has 0 N–H and O–H groups in total. The summed E-state index contributed by atoms with van der Waals surface area (Å²) in [6.07, 6.45) is 3.46. The van der Waals surface area contributed by atoms with E-state index in [1.165, 1.54) is 185 Å². The van der Waals surface area contributed by atoms with Gasteiger partial charge in [0.15, 0.2) is 0 Å². The highest BCUT2D eigenvalue weighted by Crippen LogP contribution is 2.65. The molecule has 16 rings (SSSR count). The zero-order valence-corrected chi connectivity index (χ0v) is 54.1. The van der Waals surface area contributed by atoms with Gasteiger partial charge in [0.25, 0.3) is 0 Å². The fourth-order valence-corrected chi connectivity index (χ4v) is 16.4. The van der Waals surface area contributed by atoms with E-state index < -0.39 is 0 Å². The van der Waals surface area contributed by atoms with Gasteiger partial charge in [-0.05, 0) is 299 Å². The van der Waals surface area contributed by atoms with Crippen molar-refractivity contribution in [1.82, 2.24) is 0 Å². The predicted octanol–water partition coefficient (Wildman–Crippen LogP) is 24.3. The van der Waals surface area contributed by atoms with Crippen LogP contribution in [-0.4, -0.2) is 0 Å². The summed E-state index contributed by atoms with van der Waals surface area (Å²) < 4.78 is 16.4. The summed E-state index contributed by atoms with van der Waals surface area (Å²) in [6.45, 7) is 42.7. The number of rotatable bonds is 0. The van der Waals surface area contributed by atoms with Crippen molar-refractivity contribution in [2.45, 2.75) is 169 Å². The standard InChI is InChI=1S/C78H72Br2O2/c1-73(2,3)35-19-45-41-31-43-44(32-42(41)46-20-36(74(4,5)6)24-50-58-34-81-33-57(58)49(23-35)59(45)60(46)50)48-22-38(76(10,11)12)26-52-62(48)61-47(43)21-37(75(7,8)9)25-51(61)65-66(52)72-68-54-28-40(78(16,17)18)30-56-64(54)63-53(67(68)71(65)82-72)27-39(77(13,14)15)29-55(63)69(79)70(56)80/h19-34,71-72H,1-18H3/t71-,72-/m1/s1. The maximum absolute atomic E-state index is 7.92. The molecule has 2 aliphatic heterocycles. The highest BCUT2D eigenvalue weighted by atomic mass is 79.9. The van der Waals surface area contributed by atoms with Crippen molar-refractivity contribution in [2.75, 3.05) is 0 Å². The Bertz CT molecular complexity index is 4930. The molecular weight excluding hydrogens is 1130 g/mol. The fourth-order valence-electron chi connectivity index (χ4n) is 15.4. The molecule has 82 heavy (non-hydrogen) atoms. The molecule has 1 aromatic heterocycles. The quantitative estimate of drug-likeness (QED) is 0.112. The van der Waals surface area contributed by atoms with Crippen LogP contribution in [0.2, 0.25) is 0 Å². The van der Waals surface area contributed by atoms with E-state index in [4.69, 9.17) is 9.15 Å². The van der Waals surface area contributed by atoms with Crippen molar-refractivity contribution in [3.05, 3.63) is 162 Å². The van der Waals surface area contributed by atoms with Crippen molar-refractivity contribution < 1.29 is 9.15 Å². The van der Waals surface area contributed by atoms with Gasteiger partial charge in [-0.2, -0.15) is 0 Å². The van der Waals surface area contributed by atoms with Crippen LogP contribution in [0.5, 0.6) is 0 Å². The maximum Gasteiger partial charge on any atom is 0.111 e. The summed E-state index contributed by atoms with van der Waals surface area (Å²) in [5, 5.41) is 31.3. The van der Waals surface area contributed by atoms with E-state index >= 15 is 0 Å². The van der Waals surface area contributed by atoms with E-state index in [1.54, 1.807) is 0 Å². The second-order valence-electron chi connectivity index (χ2n) is 31.5. The molecule has 3 heterocycles. The molecule has 0 saturated heterocycles. The third-order valence-corrected chi connectivity index (χ3v) is 22.2. The second-order valence-corrected chi connectivity index (χ2v) is 33.1. The minimum atomic E-state index is -0.265. The summed E-state index contributed by atoms with van der Waals surface area (Å²) in [5.41, 5.74) is 12.8. The van der Waals surface area contributed by atoms with Crippen molar-refractivity contribution in [3.8, 4) is 0 Å². The first-order chi connectivity index (χ1) is 38.3. The molecule has 0 aliphatic carbocycles. The van der Waals surface area contributed by atoms with Gasteiger partial charge < -0.3 is 9.15 Å². The Kier molecular flexibility index (Phi) is 9.83. The lowest BCUT2D eigenvalue weighted by molar-refractivity contribution is 0.0875. The summed E-state index contributed by atoms with van der Waals surface area (Å²) in [4.78, 5) is 0. The first-order valence-corrected chi connectivity index (χ1v) is 31.5. The molecule has 2 nitrogen and oxygen atoms in total. The lowest BCUT2D eigenvalue weighted by Crippen LogP contribution is -2.15. The Hall–Kier alpha value is -6.04. The number of hydrogen-bond acceptors (Lipinski definition) is 2. The lowest BCUT2D eigenvalue weighted by atomic mass is 9.71. The van der Waals surface area contributed by atoms with Crippen molar-refractivity contribution in [1.29, 1.82) is 0 Å². The zero-order valence-electron chi connectivity index (χ0n) is 51.0. The van der Waals surface area contributed by atoms with E-state index in [9.17, 15) is 0 Å². The Labute approximate surface area is 498 Å². The van der Waals surface area contributed by atoms with E-state index in [0.717, 1.165) is 8.95 Å². The number of fused-ring (bicyclic) bond motifs is 21. The largest absolute Gasteiger partial charge is 0.471 e. The van der Waals surface area contributed by atoms with E-state index in [1.807, 2.05) is 12.5 Å². The van der Waals surface area contributed by atoms with Gasteiger partial charge in [-0.15, -0.1) is 0 Å². The van der Waals surface area contributed by atoms with Crippen LogP contribution in [-0.2, 0) is 37.2 Å². The van der Waals surface area contributed by atoms with Gasteiger partial charge in [0.1, 0.15) is 12.2 Å². The molecule has 0 unspecified atom stereocenters. The van der Waals surface area contributed by atoms with Crippen LogP contribution in [0.4, 0.5) is 0 Å². The van der Waals surface area contributed by atoms with Gasteiger partial charge in [0.05, 0.1) is 12.5 Å². The van der Waals surface area contributed by atoms with Gasteiger partial charge in [-0.1, -0.05) is 149 Å². The Morgan fingerprint density at radius 3 is 0.683 bits per heavy atom. The first kappa shape index (κ1) is 51.6. The van der Waals surface area contributed by atoms with Crippen molar-refractivity contribution in [2.24, 2.45) is 0 Å². The number of furan rings is 1. The van der Waals surface area contributed by atoms with Crippen LogP contribution in [0.25, 0.3) is 129 Å². The van der Waals surface area contributed by atoms with Crippen molar-refractivity contribution in [3.63, 3.8) is 0 Å². The molecule has 2 bridgehead atoms. The summed E-state index contributed by atoms with van der Waals surface area (Å²) >= 11 is 8.44. The Balaban J connectivity index is 1.14. The second kappa shape index (κ2) is 15.6. The fraction of sp³-hybridized carbons (Fsp3) is 0.333. The van der Waals surface area contributed by atoms with Gasteiger partial charge in [-0.3, -0.25) is 0 Å². The molecule has 13 aromatic carbocycles. The number of hydrogen-bond donors (Lipinski definition) is 0. The average molecular weight is 1200 g/mol. The Morgan fingerprint density at radius 1 is 0.244 bits per heavy atom. The Morgan fingerprint density at radius 2 is 0.439 bits per heavy atom. The molecule has 2 atom stereocenters. The van der Waals surface area contributed by atoms with Gasteiger partial charge in [-0.25, -0.2) is 0 Å². The molecular formula is C78H72Br2O2. The first-order valence-electron chi connectivity index (χ1n) is 29.9.